The van der Waals surface area contributed by atoms with Crippen LogP contribution in [0.3, 0.4) is 0 Å². The highest BCUT2D eigenvalue weighted by Crippen LogP contribution is 2.24. The number of rotatable bonds is 6. The zero-order valence-electron chi connectivity index (χ0n) is 18.7. The number of sulfonamides is 1. The van der Waals surface area contributed by atoms with E-state index in [1.807, 2.05) is 4.90 Å². The van der Waals surface area contributed by atoms with Gasteiger partial charge in [0.1, 0.15) is 0 Å². The van der Waals surface area contributed by atoms with E-state index in [0.29, 0.717) is 19.1 Å². The van der Waals surface area contributed by atoms with Gasteiger partial charge in [0.25, 0.3) is 0 Å². The molecule has 0 bridgehead atoms. The molecular weight excluding hydrogens is 428 g/mol. The number of hydrogen-bond donors (Lipinski definition) is 0. The summed E-state index contributed by atoms with van der Waals surface area (Å²) in [7, 11) is -3.53. The van der Waals surface area contributed by atoms with Gasteiger partial charge in [0.2, 0.25) is 21.8 Å². The van der Waals surface area contributed by atoms with Gasteiger partial charge in [-0.25, -0.2) is 8.42 Å². The van der Waals surface area contributed by atoms with Crippen LogP contribution in [0.2, 0.25) is 0 Å². The van der Waals surface area contributed by atoms with Crippen LogP contribution in [0.15, 0.2) is 35.2 Å². The van der Waals surface area contributed by atoms with Crippen molar-refractivity contribution in [2.24, 2.45) is 0 Å². The highest BCUT2D eigenvalue weighted by atomic mass is 32.2. The third-order valence-electron chi connectivity index (χ3n) is 7.03. The summed E-state index contributed by atoms with van der Waals surface area (Å²) < 4.78 is 26.9. The summed E-state index contributed by atoms with van der Waals surface area (Å²) in [5, 5.41) is 0. The molecule has 1 saturated carbocycles. The molecule has 0 N–H and O–H groups in total. The lowest BCUT2D eigenvalue weighted by molar-refractivity contribution is -0.138. The van der Waals surface area contributed by atoms with E-state index in [-0.39, 0.29) is 42.6 Å². The highest BCUT2D eigenvalue weighted by molar-refractivity contribution is 7.89. The van der Waals surface area contributed by atoms with Crippen LogP contribution in [0.4, 0.5) is 0 Å². The molecule has 1 aromatic rings. The summed E-state index contributed by atoms with van der Waals surface area (Å²) in [6.45, 7) is 4.64. The fraction of sp³-hybridized carbons (Fsp3) is 0.652. The lowest BCUT2D eigenvalue weighted by atomic mass is 10.1. The normalized spacial score (nSPS) is 21.8. The van der Waals surface area contributed by atoms with Crippen LogP contribution >= 0.6 is 0 Å². The molecule has 32 heavy (non-hydrogen) atoms. The fourth-order valence-corrected chi connectivity index (χ4v) is 6.50. The van der Waals surface area contributed by atoms with E-state index < -0.39 is 10.0 Å². The predicted molar refractivity (Wildman–Crippen MR) is 121 cm³/mol. The molecule has 0 spiro atoms. The minimum atomic E-state index is -3.53. The van der Waals surface area contributed by atoms with Gasteiger partial charge < -0.3 is 9.80 Å². The van der Waals surface area contributed by atoms with Gasteiger partial charge in [0.05, 0.1) is 4.90 Å². The van der Waals surface area contributed by atoms with Gasteiger partial charge in [-0.05, 0) is 25.0 Å². The van der Waals surface area contributed by atoms with E-state index in [0.717, 1.165) is 26.2 Å². The third kappa shape index (κ3) is 5.32. The quantitative estimate of drug-likeness (QED) is 0.638. The van der Waals surface area contributed by atoms with E-state index in [1.54, 1.807) is 35.2 Å². The summed E-state index contributed by atoms with van der Waals surface area (Å²) >= 11 is 0. The van der Waals surface area contributed by atoms with Crippen molar-refractivity contribution in [2.45, 2.75) is 49.5 Å². The highest BCUT2D eigenvalue weighted by Gasteiger charge is 2.31. The van der Waals surface area contributed by atoms with Gasteiger partial charge in [0.15, 0.2) is 0 Å². The molecule has 4 rings (SSSR count). The summed E-state index contributed by atoms with van der Waals surface area (Å²) in [5.74, 6) is -0.0191. The van der Waals surface area contributed by atoms with Gasteiger partial charge in [0, 0.05) is 71.2 Å². The van der Waals surface area contributed by atoms with Crippen LogP contribution in [-0.4, -0.2) is 97.6 Å². The maximum Gasteiger partial charge on any atom is 0.243 e. The molecule has 0 radical (unpaired) electrons. The Morgan fingerprint density at radius 3 is 1.78 bits per heavy atom. The molecule has 2 saturated heterocycles. The van der Waals surface area contributed by atoms with Crippen LogP contribution in [0.25, 0.3) is 0 Å². The molecule has 2 aliphatic heterocycles. The van der Waals surface area contributed by atoms with Crippen molar-refractivity contribution < 1.29 is 18.0 Å². The Morgan fingerprint density at radius 2 is 1.25 bits per heavy atom. The van der Waals surface area contributed by atoms with Gasteiger partial charge in [-0.2, -0.15) is 4.31 Å². The van der Waals surface area contributed by atoms with E-state index in [1.165, 1.54) is 30.0 Å². The Bertz CT molecular complexity index is 886. The van der Waals surface area contributed by atoms with Crippen molar-refractivity contribution in [2.75, 3.05) is 52.4 Å². The second kappa shape index (κ2) is 10.3. The van der Waals surface area contributed by atoms with Crippen LogP contribution in [-0.2, 0) is 19.6 Å². The molecule has 3 aliphatic rings. The molecule has 8 nitrogen and oxygen atoms in total. The minimum Gasteiger partial charge on any atom is -0.340 e. The van der Waals surface area contributed by atoms with Crippen molar-refractivity contribution in [3.8, 4) is 0 Å². The minimum absolute atomic E-state index is 0.0507. The molecular formula is C23H34N4O4S. The van der Waals surface area contributed by atoms with Gasteiger partial charge >= 0.3 is 0 Å². The first kappa shape index (κ1) is 23.2. The van der Waals surface area contributed by atoms with E-state index in [2.05, 4.69) is 4.90 Å². The lowest BCUT2D eigenvalue weighted by Crippen LogP contribution is -2.52. The van der Waals surface area contributed by atoms with Crippen molar-refractivity contribution in [3.63, 3.8) is 0 Å². The van der Waals surface area contributed by atoms with E-state index in [9.17, 15) is 18.0 Å². The van der Waals surface area contributed by atoms with Crippen molar-refractivity contribution in [1.82, 2.24) is 19.0 Å². The number of benzene rings is 1. The third-order valence-corrected chi connectivity index (χ3v) is 8.95. The molecule has 0 atom stereocenters. The van der Waals surface area contributed by atoms with Gasteiger partial charge in [-0.3, -0.25) is 14.5 Å². The number of amides is 2. The molecule has 176 valence electrons. The topological polar surface area (TPSA) is 81.2 Å². The van der Waals surface area contributed by atoms with Gasteiger partial charge in [-0.15, -0.1) is 0 Å². The van der Waals surface area contributed by atoms with E-state index in [4.69, 9.17) is 0 Å². The fourth-order valence-electron chi connectivity index (χ4n) is 5.06. The van der Waals surface area contributed by atoms with Crippen molar-refractivity contribution >= 4 is 21.8 Å². The number of carbonyl (C=O) groups is 2. The summed E-state index contributed by atoms with van der Waals surface area (Å²) in [4.78, 5) is 31.6. The second-order valence-electron chi connectivity index (χ2n) is 8.95. The monoisotopic (exact) mass is 462 g/mol. The first-order valence-corrected chi connectivity index (χ1v) is 13.2. The first-order valence-electron chi connectivity index (χ1n) is 11.8. The average molecular weight is 463 g/mol. The molecule has 2 heterocycles. The Balaban J connectivity index is 1.19. The molecule has 0 unspecified atom stereocenters. The molecule has 0 aromatic heterocycles. The summed E-state index contributed by atoms with van der Waals surface area (Å²) in [6.07, 6.45) is 5.61. The zero-order valence-corrected chi connectivity index (χ0v) is 19.5. The smallest absolute Gasteiger partial charge is 0.243 e. The second-order valence-corrected chi connectivity index (χ2v) is 10.9. The summed E-state index contributed by atoms with van der Waals surface area (Å²) in [5.41, 5.74) is 0. The van der Waals surface area contributed by atoms with Crippen LogP contribution in [0, 0.1) is 0 Å². The molecule has 2 amide bonds. The van der Waals surface area contributed by atoms with Crippen LogP contribution < -0.4 is 0 Å². The van der Waals surface area contributed by atoms with Crippen molar-refractivity contribution in [3.05, 3.63) is 30.3 Å². The number of nitrogens with zero attached hydrogens (tertiary/aromatic N) is 4. The zero-order chi connectivity index (χ0) is 22.6. The van der Waals surface area contributed by atoms with Gasteiger partial charge in [-0.1, -0.05) is 31.0 Å². The number of carbonyl (C=O) groups excluding carboxylic acids is 2. The standard InChI is InChI=1S/C23H34N4O4S/c28-22(25-14-12-24(13-15-25)20-6-4-5-7-20)10-11-23(29)26-16-18-27(19-17-26)32(30,31)21-8-2-1-3-9-21/h1-3,8-9,20H,4-7,10-19H2. The molecule has 1 aromatic carbocycles. The Labute approximate surface area is 191 Å². The lowest BCUT2D eigenvalue weighted by Gasteiger charge is -2.38. The van der Waals surface area contributed by atoms with Crippen molar-refractivity contribution in [1.29, 1.82) is 0 Å². The number of hydrogen-bond acceptors (Lipinski definition) is 5. The molecule has 9 heteroatoms. The maximum absolute atomic E-state index is 12.7. The Morgan fingerprint density at radius 1 is 0.750 bits per heavy atom. The molecule has 3 fully saturated rings. The van der Waals surface area contributed by atoms with Crippen LogP contribution in [0.1, 0.15) is 38.5 Å². The predicted octanol–water partition coefficient (Wildman–Crippen LogP) is 1.39. The Hall–Kier alpha value is -1.97. The summed E-state index contributed by atoms with van der Waals surface area (Å²) in [6, 6.07) is 9.07. The van der Waals surface area contributed by atoms with E-state index >= 15 is 0 Å². The van der Waals surface area contributed by atoms with Crippen LogP contribution in [0.5, 0.6) is 0 Å². The largest absolute Gasteiger partial charge is 0.340 e. The average Bonchev–Trinajstić information content (AvgIpc) is 3.38. The number of piperazine rings is 2. The maximum atomic E-state index is 12.7. The Kier molecular flexibility index (Phi) is 7.48. The SMILES string of the molecule is O=C(CCC(=O)N1CCN(S(=O)(=O)c2ccccc2)CC1)N1CCN(C2CCCC2)CC1. The molecule has 1 aliphatic carbocycles. The first-order chi connectivity index (χ1) is 15.4.